The van der Waals surface area contributed by atoms with Crippen LogP contribution >= 0.6 is 0 Å². The van der Waals surface area contributed by atoms with Gasteiger partial charge in [0.1, 0.15) is 0 Å². The molecule has 1 aromatic rings. The molecule has 0 aliphatic heterocycles. The van der Waals surface area contributed by atoms with E-state index in [1.807, 2.05) is 44.4 Å². The molecule has 0 atom stereocenters. The van der Waals surface area contributed by atoms with Gasteiger partial charge < -0.3 is 11.1 Å². The highest BCUT2D eigenvalue weighted by atomic mass is 14.7. The van der Waals surface area contributed by atoms with E-state index in [0.29, 0.717) is 6.54 Å². The first-order valence-corrected chi connectivity index (χ1v) is 3.67. The van der Waals surface area contributed by atoms with E-state index in [9.17, 15) is 0 Å². The lowest BCUT2D eigenvalue weighted by atomic mass is 10.2. The Morgan fingerprint density at radius 2 is 1.64 bits per heavy atom. The second kappa shape index (κ2) is 7.25. The zero-order valence-electron chi connectivity index (χ0n) is 7.17. The molecule has 1 rings (SSSR count). The normalized spacial score (nSPS) is 8.27. The van der Waals surface area contributed by atoms with E-state index in [1.165, 1.54) is 5.56 Å². The molecule has 0 aliphatic rings. The van der Waals surface area contributed by atoms with Crippen LogP contribution in [0.4, 0.5) is 0 Å². The van der Waals surface area contributed by atoms with Crippen molar-refractivity contribution in [2.75, 3.05) is 14.1 Å². The maximum atomic E-state index is 5.35. The molecule has 2 nitrogen and oxygen atoms in total. The Labute approximate surface area is 68.4 Å². The molecule has 0 spiro atoms. The van der Waals surface area contributed by atoms with Crippen LogP contribution in [0.2, 0.25) is 0 Å². The fraction of sp³-hybridized carbons (Fsp3) is 0.333. The fourth-order valence-corrected chi connectivity index (χ4v) is 0.614. The Hall–Kier alpha value is -0.860. The van der Waals surface area contributed by atoms with Crippen LogP contribution in [0.5, 0.6) is 0 Å². The third-order valence-electron chi connectivity index (χ3n) is 1.08. The first kappa shape index (κ1) is 10.1. The van der Waals surface area contributed by atoms with Crippen molar-refractivity contribution in [3.05, 3.63) is 35.9 Å². The Kier molecular flexibility index (Phi) is 6.68. The van der Waals surface area contributed by atoms with Crippen LogP contribution in [0.1, 0.15) is 5.56 Å². The van der Waals surface area contributed by atoms with Gasteiger partial charge >= 0.3 is 0 Å². The minimum atomic E-state index is 0.640. The van der Waals surface area contributed by atoms with Crippen molar-refractivity contribution < 1.29 is 0 Å². The third-order valence-corrected chi connectivity index (χ3v) is 1.08. The fourth-order valence-electron chi connectivity index (χ4n) is 0.614. The summed E-state index contributed by atoms with van der Waals surface area (Å²) in [4.78, 5) is 0. The van der Waals surface area contributed by atoms with E-state index in [0.717, 1.165) is 0 Å². The molecule has 0 unspecified atom stereocenters. The Morgan fingerprint density at radius 1 is 1.18 bits per heavy atom. The summed E-state index contributed by atoms with van der Waals surface area (Å²) in [5.74, 6) is 0. The van der Waals surface area contributed by atoms with Gasteiger partial charge in [-0.1, -0.05) is 30.3 Å². The van der Waals surface area contributed by atoms with Crippen LogP contribution in [-0.4, -0.2) is 14.1 Å². The van der Waals surface area contributed by atoms with Crippen LogP contribution in [0.15, 0.2) is 30.3 Å². The topological polar surface area (TPSA) is 38.0 Å². The van der Waals surface area contributed by atoms with Crippen LogP contribution < -0.4 is 11.1 Å². The zero-order chi connectivity index (χ0) is 8.53. The van der Waals surface area contributed by atoms with Crippen LogP contribution in [0.25, 0.3) is 0 Å². The first-order chi connectivity index (χ1) is 5.35. The number of nitrogens with two attached hydrogens (primary N) is 1. The van der Waals surface area contributed by atoms with E-state index in [2.05, 4.69) is 5.32 Å². The molecular weight excluding hydrogens is 136 g/mol. The molecule has 2 heteroatoms. The second-order valence-electron chi connectivity index (χ2n) is 2.19. The van der Waals surface area contributed by atoms with Gasteiger partial charge in [0.15, 0.2) is 0 Å². The zero-order valence-corrected chi connectivity index (χ0v) is 7.17. The molecule has 62 valence electrons. The highest BCUT2D eigenvalue weighted by molar-refractivity contribution is 5.13. The molecule has 0 heterocycles. The van der Waals surface area contributed by atoms with Gasteiger partial charge in [0.2, 0.25) is 0 Å². The van der Waals surface area contributed by atoms with Gasteiger partial charge in [-0.15, -0.1) is 0 Å². The van der Waals surface area contributed by atoms with Gasteiger partial charge in [0.05, 0.1) is 0 Å². The predicted octanol–water partition coefficient (Wildman–Crippen LogP) is 0.981. The van der Waals surface area contributed by atoms with Crippen LogP contribution in [0, 0.1) is 0 Å². The molecule has 3 N–H and O–H groups in total. The van der Waals surface area contributed by atoms with E-state index < -0.39 is 0 Å². The number of rotatable bonds is 1. The number of hydrogen-bond donors (Lipinski definition) is 2. The largest absolute Gasteiger partial charge is 0.326 e. The van der Waals surface area contributed by atoms with Gasteiger partial charge in [0.25, 0.3) is 0 Å². The number of benzene rings is 1. The summed E-state index contributed by atoms with van der Waals surface area (Å²) >= 11 is 0. The van der Waals surface area contributed by atoms with Crippen molar-refractivity contribution in [2.45, 2.75) is 6.54 Å². The average molecular weight is 152 g/mol. The minimum Gasteiger partial charge on any atom is -0.326 e. The highest BCUT2D eigenvalue weighted by Crippen LogP contribution is 1.94. The molecular formula is C9H16N2. The number of nitrogens with one attached hydrogen (secondary N) is 1. The smallest absolute Gasteiger partial charge is 0.0178 e. The Morgan fingerprint density at radius 3 is 1.91 bits per heavy atom. The van der Waals surface area contributed by atoms with E-state index in [4.69, 9.17) is 5.73 Å². The summed E-state index contributed by atoms with van der Waals surface area (Å²) < 4.78 is 0. The monoisotopic (exact) mass is 152 g/mol. The van der Waals surface area contributed by atoms with Crippen molar-refractivity contribution in [1.29, 1.82) is 0 Å². The molecule has 1 aromatic carbocycles. The van der Waals surface area contributed by atoms with Crippen LogP contribution in [0.3, 0.4) is 0 Å². The summed E-state index contributed by atoms with van der Waals surface area (Å²) in [6, 6.07) is 9.99. The van der Waals surface area contributed by atoms with E-state index in [-0.39, 0.29) is 0 Å². The summed E-state index contributed by atoms with van der Waals surface area (Å²) in [7, 11) is 3.75. The highest BCUT2D eigenvalue weighted by Gasteiger charge is 1.80. The lowest BCUT2D eigenvalue weighted by Gasteiger charge is -1.90. The molecule has 0 saturated carbocycles. The number of hydrogen-bond acceptors (Lipinski definition) is 2. The summed E-state index contributed by atoms with van der Waals surface area (Å²) in [5.41, 5.74) is 6.54. The van der Waals surface area contributed by atoms with Gasteiger partial charge in [0, 0.05) is 6.54 Å². The summed E-state index contributed by atoms with van der Waals surface area (Å²) in [5, 5.41) is 2.75. The second-order valence-corrected chi connectivity index (χ2v) is 2.19. The van der Waals surface area contributed by atoms with Gasteiger partial charge in [-0.3, -0.25) is 0 Å². The average Bonchev–Trinajstić information content (AvgIpc) is 2.08. The lowest BCUT2D eigenvalue weighted by Crippen LogP contribution is -1.94. The summed E-state index contributed by atoms with van der Waals surface area (Å²) in [6.07, 6.45) is 0. The maximum absolute atomic E-state index is 5.35. The van der Waals surface area contributed by atoms with Crippen molar-refractivity contribution in [3.63, 3.8) is 0 Å². The van der Waals surface area contributed by atoms with Crippen LogP contribution in [-0.2, 0) is 6.54 Å². The van der Waals surface area contributed by atoms with Gasteiger partial charge in [-0.05, 0) is 19.7 Å². The molecule has 0 radical (unpaired) electrons. The lowest BCUT2D eigenvalue weighted by molar-refractivity contribution is 1.02. The van der Waals surface area contributed by atoms with Crippen molar-refractivity contribution in [1.82, 2.24) is 5.32 Å². The molecule has 0 aliphatic carbocycles. The minimum absolute atomic E-state index is 0.640. The maximum Gasteiger partial charge on any atom is 0.0178 e. The molecule has 11 heavy (non-hydrogen) atoms. The van der Waals surface area contributed by atoms with Crippen molar-refractivity contribution >= 4 is 0 Å². The van der Waals surface area contributed by atoms with Gasteiger partial charge in [-0.2, -0.15) is 0 Å². The summed E-state index contributed by atoms with van der Waals surface area (Å²) in [6.45, 7) is 0.640. The third kappa shape index (κ3) is 5.58. The van der Waals surface area contributed by atoms with Gasteiger partial charge in [-0.25, -0.2) is 0 Å². The molecule has 0 aromatic heterocycles. The van der Waals surface area contributed by atoms with Crippen molar-refractivity contribution in [2.24, 2.45) is 5.73 Å². The predicted molar refractivity (Wildman–Crippen MR) is 49.3 cm³/mol. The van der Waals surface area contributed by atoms with E-state index in [1.54, 1.807) is 0 Å². The van der Waals surface area contributed by atoms with E-state index >= 15 is 0 Å². The first-order valence-electron chi connectivity index (χ1n) is 3.67. The molecule has 0 saturated heterocycles. The Balaban J connectivity index is 0.000000292. The molecule has 0 fully saturated rings. The molecule has 0 amide bonds. The van der Waals surface area contributed by atoms with Crippen molar-refractivity contribution in [3.8, 4) is 0 Å². The quantitative estimate of drug-likeness (QED) is 0.629. The SMILES string of the molecule is CNC.NCc1ccccc1. The Bertz CT molecular complexity index is 160. The molecule has 0 bridgehead atoms. The standard InChI is InChI=1S/C7H9N.C2H7N/c8-6-7-4-2-1-3-5-7;1-3-2/h1-5H,6,8H2;3H,1-2H3.